The topological polar surface area (TPSA) is 95.9 Å². The fraction of sp³-hybridized carbons (Fsp3) is 0.471. The molecule has 2 heterocycles. The van der Waals surface area contributed by atoms with E-state index in [1.807, 2.05) is 12.1 Å². The zero-order valence-corrected chi connectivity index (χ0v) is 15.1. The number of aliphatic hydroxyl groups is 1. The highest BCUT2D eigenvalue weighted by Crippen LogP contribution is 2.22. The number of nitrogens with zero attached hydrogens (tertiary/aromatic N) is 5. The minimum Gasteiger partial charge on any atom is -0.497 e. The lowest BCUT2D eigenvalue weighted by Gasteiger charge is -2.36. The average Bonchev–Trinajstić information content (AvgIpc) is 2.72. The van der Waals surface area contributed by atoms with Crippen LogP contribution in [0.25, 0.3) is 0 Å². The van der Waals surface area contributed by atoms with Crippen LogP contribution in [-0.2, 0) is 0 Å². The lowest BCUT2D eigenvalue weighted by molar-refractivity contribution is 0.310. The van der Waals surface area contributed by atoms with Crippen molar-refractivity contribution in [1.29, 1.82) is 0 Å². The number of aromatic nitrogens is 3. The monoisotopic (exact) mass is 360 g/mol. The predicted molar refractivity (Wildman–Crippen MR) is 99.4 cm³/mol. The van der Waals surface area contributed by atoms with Crippen molar-refractivity contribution in [2.24, 2.45) is 0 Å². The van der Waals surface area contributed by atoms with Gasteiger partial charge in [0.25, 0.3) is 0 Å². The lowest BCUT2D eigenvalue weighted by atomic mass is 10.2. The molecule has 26 heavy (non-hydrogen) atoms. The van der Waals surface area contributed by atoms with E-state index in [0.717, 1.165) is 31.9 Å². The van der Waals surface area contributed by atoms with Gasteiger partial charge >= 0.3 is 6.01 Å². The Balaban J connectivity index is 1.66. The summed E-state index contributed by atoms with van der Waals surface area (Å²) < 4.78 is 10.4. The SMILES string of the molecule is COc1ccc(N2CCN(c3nc(NCCO)nc(OC)n3)CC2)cc1. The Labute approximate surface area is 152 Å². The van der Waals surface area contributed by atoms with Gasteiger partial charge < -0.3 is 29.7 Å². The van der Waals surface area contributed by atoms with E-state index in [0.29, 0.717) is 18.4 Å². The number of piperazine rings is 1. The molecule has 9 nitrogen and oxygen atoms in total. The van der Waals surface area contributed by atoms with Crippen LogP contribution in [0.3, 0.4) is 0 Å². The minimum atomic E-state index is 0.00384. The largest absolute Gasteiger partial charge is 0.497 e. The highest BCUT2D eigenvalue weighted by atomic mass is 16.5. The number of methoxy groups -OCH3 is 2. The first kappa shape index (κ1) is 18.0. The number of hydrogen-bond acceptors (Lipinski definition) is 9. The smallest absolute Gasteiger partial charge is 0.322 e. The van der Waals surface area contributed by atoms with E-state index in [1.165, 1.54) is 12.8 Å². The summed E-state index contributed by atoms with van der Waals surface area (Å²) in [6.45, 7) is 3.68. The molecule has 1 aromatic heterocycles. The van der Waals surface area contributed by atoms with Crippen LogP contribution in [0.4, 0.5) is 17.6 Å². The second-order valence-corrected chi connectivity index (χ2v) is 5.77. The summed E-state index contributed by atoms with van der Waals surface area (Å²) in [6.07, 6.45) is 0. The van der Waals surface area contributed by atoms with Gasteiger partial charge in [-0.15, -0.1) is 0 Å². The normalized spacial score (nSPS) is 14.3. The van der Waals surface area contributed by atoms with Crippen molar-refractivity contribution in [3.05, 3.63) is 24.3 Å². The molecular weight excluding hydrogens is 336 g/mol. The molecule has 1 aromatic carbocycles. The van der Waals surface area contributed by atoms with Crippen LogP contribution in [0, 0.1) is 0 Å². The van der Waals surface area contributed by atoms with Gasteiger partial charge in [0.05, 0.1) is 20.8 Å². The third-order valence-electron chi connectivity index (χ3n) is 4.18. The van der Waals surface area contributed by atoms with Crippen LogP contribution >= 0.6 is 0 Å². The number of aliphatic hydroxyl groups excluding tert-OH is 1. The van der Waals surface area contributed by atoms with Crippen LogP contribution in [0.1, 0.15) is 0 Å². The summed E-state index contributed by atoms with van der Waals surface area (Å²) in [5.74, 6) is 1.83. The molecule has 2 aromatic rings. The molecule has 0 atom stereocenters. The van der Waals surface area contributed by atoms with Gasteiger partial charge in [0.1, 0.15) is 5.75 Å². The van der Waals surface area contributed by atoms with E-state index >= 15 is 0 Å². The molecule has 0 spiro atoms. The molecule has 1 fully saturated rings. The van der Waals surface area contributed by atoms with Crippen LogP contribution in [-0.4, -0.2) is 73.6 Å². The molecule has 0 aliphatic carbocycles. The van der Waals surface area contributed by atoms with Crippen molar-refractivity contribution in [3.63, 3.8) is 0 Å². The standard InChI is InChI=1S/C17H24N6O3/c1-25-14-5-3-13(4-6-14)22-8-10-23(11-9-22)16-19-15(18-7-12-24)20-17(21-16)26-2/h3-6,24H,7-12H2,1-2H3,(H,18,19,20,21). The maximum Gasteiger partial charge on any atom is 0.322 e. The molecule has 3 rings (SSSR count). The number of nitrogens with one attached hydrogen (secondary N) is 1. The van der Waals surface area contributed by atoms with Crippen molar-refractivity contribution in [3.8, 4) is 11.8 Å². The number of hydrogen-bond donors (Lipinski definition) is 2. The van der Waals surface area contributed by atoms with Crippen molar-refractivity contribution in [2.75, 3.05) is 68.7 Å². The fourth-order valence-electron chi connectivity index (χ4n) is 2.78. The van der Waals surface area contributed by atoms with Crippen molar-refractivity contribution < 1.29 is 14.6 Å². The van der Waals surface area contributed by atoms with E-state index in [9.17, 15) is 0 Å². The van der Waals surface area contributed by atoms with E-state index in [-0.39, 0.29) is 12.6 Å². The maximum absolute atomic E-state index is 8.95. The van der Waals surface area contributed by atoms with Gasteiger partial charge in [0, 0.05) is 38.4 Å². The third-order valence-corrected chi connectivity index (χ3v) is 4.18. The zero-order chi connectivity index (χ0) is 18.4. The maximum atomic E-state index is 8.95. The summed E-state index contributed by atoms with van der Waals surface area (Å²) >= 11 is 0. The molecule has 0 bridgehead atoms. The fourth-order valence-corrected chi connectivity index (χ4v) is 2.78. The molecule has 0 amide bonds. The van der Waals surface area contributed by atoms with Crippen LogP contribution < -0.4 is 24.6 Å². The first-order valence-electron chi connectivity index (χ1n) is 8.52. The quantitative estimate of drug-likeness (QED) is 0.736. The number of ether oxygens (including phenoxy) is 2. The molecule has 9 heteroatoms. The molecule has 140 valence electrons. The minimum absolute atomic E-state index is 0.00384. The first-order valence-corrected chi connectivity index (χ1v) is 8.52. The molecule has 1 saturated heterocycles. The van der Waals surface area contributed by atoms with Crippen molar-refractivity contribution in [1.82, 2.24) is 15.0 Å². The molecule has 2 N–H and O–H groups in total. The van der Waals surface area contributed by atoms with Gasteiger partial charge in [0.15, 0.2) is 0 Å². The molecule has 1 aliphatic heterocycles. The Morgan fingerprint density at radius 2 is 1.65 bits per heavy atom. The molecule has 0 radical (unpaired) electrons. The van der Waals surface area contributed by atoms with Crippen LogP contribution in [0.15, 0.2) is 24.3 Å². The Kier molecular flexibility index (Phi) is 5.90. The van der Waals surface area contributed by atoms with Crippen molar-refractivity contribution >= 4 is 17.6 Å². The van der Waals surface area contributed by atoms with Gasteiger partial charge in [-0.1, -0.05) is 0 Å². The average molecular weight is 360 g/mol. The number of rotatable bonds is 7. The summed E-state index contributed by atoms with van der Waals surface area (Å²) in [4.78, 5) is 17.3. The van der Waals surface area contributed by atoms with Crippen LogP contribution in [0.5, 0.6) is 11.8 Å². The summed E-state index contributed by atoms with van der Waals surface area (Å²) in [5.41, 5.74) is 1.17. The first-order chi connectivity index (χ1) is 12.7. The molecule has 0 saturated carbocycles. The Morgan fingerprint density at radius 1 is 0.962 bits per heavy atom. The van der Waals surface area contributed by atoms with E-state index in [1.54, 1.807) is 7.11 Å². The second-order valence-electron chi connectivity index (χ2n) is 5.77. The number of anilines is 3. The van der Waals surface area contributed by atoms with Gasteiger partial charge in [-0.3, -0.25) is 0 Å². The predicted octanol–water partition coefficient (Wildman–Crippen LogP) is 0.620. The highest BCUT2D eigenvalue weighted by molar-refractivity contribution is 5.51. The zero-order valence-electron chi connectivity index (χ0n) is 15.1. The Bertz CT molecular complexity index is 704. The Morgan fingerprint density at radius 3 is 2.27 bits per heavy atom. The van der Waals surface area contributed by atoms with Gasteiger partial charge in [-0.2, -0.15) is 15.0 Å². The van der Waals surface area contributed by atoms with Gasteiger partial charge in [-0.05, 0) is 24.3 Å². The van der Waals surface area contributed by atoms with E-state index < -0.39 is 0 Å². The Hall–Kier alpha value is -2.81. The second kappa shape index (κ2) is 8.52. The van der Waals surface area contributed by atoms with E-state index in [2.05, 4.69) is 42.2 Å². The molecule has 1 aliphatic rings. The highest BCUT2D eigenvalue weighted by Gasteiger charge is 2.21. The van der Waals surface area contributed by atoms with Gasteiger partial charge in [-0.25, -0.2) is 0 Å². The van der Waals surface area contributed by atoms with Gasteiger partial charge in [0.2, 0.25) is 11.9 Å². The summed E-state index contributed by atoms with van der Waals surface area (Å²) in [7, 11) is 3.19. The summed E-state index contributed by atoms with van der Waals surface area (Å²) in [6, 6.07) is 8.33. The molecular formula is C17H24N6O3. The lowest BCUT2D eigenvalue weighted by Crippen LogP contribution is -2.47. The van der Waals surface area contributed by atoms with Crippen molar-refractivity contribution in [2.45, 2.75) is 0 Å². The van der Waals surface area contributed by atoms with E-state index in [4.69, 9.17) is 14.6 Å². The third kappa shape index (κ3) is 4.23. The summed E-state index contributed by atoms with van der Waals surface area (Å²) in [5, 5.41) is 11.9. The number of benzene rings is 1. The van der Waals surface area contributed by atoms with Crippen LogP contribution in [0.2, 0.25) is 0 Å². The molecule has 0 unspecified atom stereocenters.